The van der Waals surface area contributed by atoms with Gasteiger partial charge in [0.25, 0.3) is 0 Å². The Morgan fingerprint density at radius 2 is 1.90 bits per heavy atom. The average molecular weight is 298 g/mol. The zero-order valence-electron chi connectivity index (χ0n) is 11.0. The molecule has 1 aromatic heterocycles. The highest BCUT2D eigenvalue weighted by molar-refractivity contribution is 6.31. The number of nitrogen functional groups attached to an aromatic ring is 1. The van der Waals surface area contributed by atoms with Crippen LogP contribution in [0.25, 0.3) is 17.0 Å². The van der Waals surface area contributed by atoms with Crippen LogP contribution in [-0.2, 0) is 0 Å². The van der Waals surface area contributed by atoms with Crippen molar-refractivity contribution in [2.24, 2.45) is 0 Å². The summed E-state index contributed by atoms with van der Waals surface area (Å²) in [5.41, 5.74) is 7.77. The first-order valence-corrected chi connectivity index (χ1v) is 6.78. The SMILES string of the molecule is Nc1c(C(=O)C=Cc2ccccc2)oc2ccc(Cl)cc12. The number of hydrogen-bond acceptors (Lipinski definition) is 3. The molecule has 0 spiro atoms. The van der Waals surface area contributed by atoms with Crippen LogP contribution in [0, 0.1) is 0 Å². The van der Waals surface area contributed by atoms with E-state index in [4.69, 9.17) is 21.8 Å². The fraction of sp³-hybridized carbons (Fsp3) is 0. The summed E-state index contributed by atoms with van der Waals surface area (Å²) in [6, 6.07) is 14.6. The first-order valence-electron chi connectivity index (χ1n) is 6.40. The lowest BCUT2D eigenvalue weighted by Crippen LogP contribution is -1.97. The first-order chi connectivity index (χ1) is 10.1. The lowest BCUT2D eigenvalue weighted by atomic mass is 10.1. The molecule has 104 valence electrons. The lowest BCUT2D eigenvalue weighted by molar-refractivity contribution is 0.102. The van der Waals surface area contributed by atoms with E-state index >= 15 is 0 Å². The van der Waals surface area contributed by atoms with Gasteiger partial charge in [0.05, 0.1) is 5.69 Å². The van der Waals surface area contributed by atoms with Gasteiger partial charge in [-0.25, -0.2) is 0 Å². The fourth-order valence-corrected chi connectivity index (χ4v) is 2.26. The highest BCUT2D eigenvalue weighted by Crippen LogP contribution is 2.31. The predicted molar refractivity (Wildman–Crippen MR) is 85.4 cm³/mol. The summed E-state index contributed by atoms with van der Waals surface area (Å²) in [4.78, 5) is 12.2. The number of ketones is 1. The summed E-state index contributed by atoms with van der Waals surface area (Å²) in [5, 5.41) is 1.20. The minimum atomic E-state index is -0.274. The molecule has 0 fully saturated rings. The van der Waals surface area contributed by atoms with Crippen LogP contribution in [0.2, 0.25) is 5.02 Å². The minimum absolute atomic E-state index is 0.138. The van der Waals surface area contributed by atoms with E-state index < -0.39 is 0 Å². The van der Waals surface area contributed by atoms with Crippen molar-refractivity contribution in [1.29, 1.82) is 0 Å². The van der Waals surface area contributed by atoms with Crippen LogP contribution in [-0.4, -0.2) is 5.78 Å². The van der Waals surface area contributed by atoms with Gasteiger partial charge >= 0.3 is 0 Å². The topological polar surface area (TPSA) is 56.2 Å². The van der Waals surface area contributed by atoms with Gasteiger partial charge in [0.1, 0.15) is 5.58 Å². The lowest BCUT2D eigenvalue weighted by Gasteiger charge is -1.93. The highest BCUT2D eigenvalue weighted by Gasteiger charge is 2.16. The second-order valence-electron chi connectivity index (χ2n) is 4.59. The Kier molecular flexibility index (Phi) is 3.50. The third-order valence-corrected chi connectivity index (χ3v) is 3.37. The van der Waals surface area contributed by atoms with Gasteiger partial charge in [-0.2, -0.15) is 0 Å². The van der Waals surface area contributed by atoms with Crippen molar-refractivity contribution in [3.05, 3.63) is 71.0 Å². The third kappa shape index (κ3) is 2.69. The molecule has 0 unspecified atom stereocenters. The molecule has 0 aliphatic carbocycles. The summed E-state index contributed by atoms with van der Waals surface area (Å²) < 4.78 is 5.52. The van der Waals surface area contributed by atoms with Gasteiger partial charge < -0.3 is 10.2 Å². The smallest absolute Gasteiger partial charge is 0.223 e. The van der Waals surface area contributed by atoms with E-state index in [0.29, 0.717) is 21.7 Å². The Hall–Kier alpha value is -2.52. The highest BCUT2D eigenvalue weighted by atomic mass is 35.5. The Balaban J connectivity index is 1.95. The number of benzene rings is 2. The van der Waals surface area contributed by atoms with Crippen LogP contribution < -0.4 is 5.73 Å². The Labute approximate surface area is 126 Å². The Morgan fingerprint density at radius 3 is 2.67 bits per heavy atom. The number of hydrogen-bond donors (Lipinski definition) is 1. The van der Waals surface area contributed by atoms with E-state index in [2.05, 4.69) is 0 Å². The molecule has 0 saturated heterocycles. The van der Waals surface area contributed by atoms with Gasteiger partial charge in [-0.05, 0) is 29.8 Å². The van der Waals surface area contributed by atoms with Crippen molar-refractivity contribution in [2.45, 2.75) is 0 Å². The zero-order valence-corrected chi connectivity index (χ0v) is 11.8. The Bertz CT molecular complexity index is 835. The van der Waals surface area contributed by atoms with E-state index in [0.717, 1.165) is 5.56 Å². The van der Waals surface area contributed by atoms with Gasteiger partial charge in [0, 0.05) is 10.4 Å². The molecule has 3 rings (SSSR count). The van der Waals surface area contributed by atoms with Gasteiger partial charge in [0.15, 0.2) is 5.76 Å². The van der Waals surface area contributed by atoms with Crippen LogP contribution >= 0.6 is 11.6 Å². The normalized spacial score (nSPS) is 11.3. The van der Waals surface area contributed by atoms with Crippen molar-refractivity contribution in [3.8, 4) is 0 Å². The van der Waals surface area contributed by atoms with Crippen LogP contribution in [0.4, 0.5) is 5.69 Å². The largest absolute Gasteiger partial charge is 0.450 e. The molecule has 0 bridgehead atoms. The summed E-state index contributed by atoms with van der Waals surface area (Å²) in [6.07, 6.45) is 3.17. The number of nitrogens with two attached hydrogens (primary N) is 1. The van der Waals surface area contributed by atoms with Crippen molar-refractivity contribution in [2.75, 3.05) is 5.73 Å². The number of rotatable bonds is 3. The van der Waals surface area contributed by atoms with Crippen molar-refractivity contribution < 1.29 is 9.21 Å². The van der Waals surface area contributed by atoms with Crippen molar-refractivity contribution in [1.82, 2.24) is 0 Å². The molecule has 0 radical (unpaired) electrons. The van der Waals surface area contributed by atoms with Crippen LogP contribution in [0.1, 0.15) is 16.1 Å². The van der Waals surface area contributed by atoms with E-state index in [9.17, 15) is 4.79 Å². The standard InChI is InChI=1S/C17H12ClNO2/c18-12-7-9-15-13(10-12)16(19)17(21-15)14(20)8-6-11-4-2-1-3-5-11/h1-10H,19H2. The number of fused-ring (bicyclic) bond motifs is 1. The number of anilines is 1. The average Bonchev–Trinajstić information content (AvgIpc) is 2.83. The summed E-state index contributed by atoms with van der Waals surface area (Å²) in [7, 11) is 0. The van der Waals surface area contributed by atoms with E-state index in [1.807, 2.05) is 30.3 Å². The maximum atomic E-state index is 12.2. The van der Waals surface area contributed by atoms with Gasteiger partial charge in [0.2, 0.25) is 5.78 Å². The molecule has 3 aromatic rings. The van der Waals surface area contributed by atoms with Crippen LogP contribution in [0.15, 0.2) is 59.0 Å². The van der Waals surface area contributed by atoms with Crippen molar-refractivity contribution in [3.63, 3.8) is 0 Å². The van der Waals surface area contributed by atoms with Crippen molar-refractivity contribution >= 4 is 40.1 Å². The second kappa shape index (κ2) is 5.46. The molecule has 0 aliphatic rings. The molecule has 1 heterocycles. The molecule has 0 saturated carbocycles. The number of carbonyl (C=O) groups is 1. The summed E-state index contributed by atoms with van der Waals surface area (Å²) in [6.45, 7) is 0. The molecule has 4 heteroatoms. The third-order valence-electron chi connectivity index (χ3n) is 3.14. The molecular weight excluding hydrogens is 286 g/mol. The molecule has 0 atom stereocenters. The number of carbonyl (C=O) groups excluding carboxylic acids is 1. The number of furan rings is 1. The van der Waals surface area contributed by atoms with E-state index in [1.165, 1.54) is 6.08 Å². The zero-order chi connectivity index (χ0) is 14.8. The predicted octanol–water partition coefficient (Wildman–Crippen LogP) is 4.56. The maximum Gasteiger partial charge on any atom is 0.223 e. The number of halogens is 1. The van der Waals surface area contributed by atoms with Gasteiger partial charge in [-0.15, -0.1) is 0 Å². The molecule has 2 aromatic carbocycles. The molecular formula is C17H12ClNO2. The quantitative estimate of drug-likeness (QED) is 0.569. The molecule has 0 aliphatic heterocycles. The fourth-order valence-electron chi connectivity index (χ4n) is 2.08. The maximum absolute atomic E-state index is 12.2. The Morgan fingerprint density at radius 1 is 1.14 bits per heavy atom. The molecule has 3 nitrogen and oxygen atoms in total. The second-order valence-corrected chi connectivity index (χ2v) is 5.03. The monoisotopic (exact) mass is 297 g/mol. The van der Waals surface area contributed by atoms with Gasteiger partial charge in [-0.3, -0.25) is 4.79 Å². The van der Waals surface area contributed by atoms with E-state index in [-0.39, 0.29) is 11.5 Å². The molecule has 2 N–H and O–H groups in total. The minimum Gasteiger partial charge on any atom is -0.450 e. The van der Waals surface area contributed by atoms with Crippen LogP contribution in [0.5, 0.6) is 0 Å². The van der Waals surface area contributed by atoms with Crippen LogP contribution in [0.3, 0.4) is 0 Å². The number of allylic oxidation sites excluding steroid dienone is 1. The molecule has 21 heavy (non-hydrogen) atoms. The van der Waals surface area contributed by atoms with Gasteiger partial charge in [-0.1, -0.05) is 48.0 Å². The van der Waals surface area contributed by atoms with E-state index in [1.54, 1.807) is 24.3 Å². The summed E-state index contributed by atoms with van der Waals surface area (Å²) in [5.74, 6) is -0.136. The summed E-state index contributed by atoms with van der Waals surface area (Å²) >= 11 is 5.92. The molecule has 0 amide bonds. The first kappa shape index (κ1) is 13.5.